The van der Waals surface area contributed by atoms with Gasteiger partial charge in [0, 0.05) is 23.8 Å². The van der Waals surface area contributed by atoms with Crippen LogP contribution in [0.25, 0.3) is 0 Å². The van der Waals surface area contributed by atoms with Crippen molar-refractivity contribution in [2.75, 3.05) is 6.54 Å². The molecule has 0 saturated carbocycles. The van der Waals surface area contributed by atoms with Crippen molar-refractivity contribution in [1.29, 1.82) is 0 Å². The summed E-state index contributed by atoms with van der Waals surface area (Å²) in [7, 11) is -3.57. The van der Waals surface area contributed by atoms with Crippen molar-refractivity contribution in [3.8, 4) is 0 Å². The number of aryl methyl sites for hydroxylation is 1. The maximum Gasteiger partial charge on any atom is 0.243 e. The lowest BCUT2D eigenvalue weighted by molar-refractivity contribution is -0.0996. The Morgan fingerprint density at radius 3 is 2.59 bits per heavy atom. The van der Waals surface area contributed by atoms with Crippen LogP contribution < -0.4 is 0 Å². The van der Waals surface area contributed by atoms with Crippen LogP contribution in [0.4, 0.5) is 0 Å². The quantitative estimate of drug-likeness (QED) is 0.528. The normalized spacial score (nSPS) is 25.7. The maximum absolute atomic E-state index is 13.3. The van der Waals surface area contributed by atoms with Gasteiger partial charge in [-0.3, -0.25) is 4.98 Å². The first-order chi connectivity index (χ1) is 15.3. The molecular formula is C25H25ClN2O3S. The molecule has 166 valence electrons. The van der Waals surface area contributed by atoms with E-state index >= 15 is 0 Å². The molecule has 1 spiro atoms. The summed E-state index contributed by atoms with van der Waals surface area (Å²) in [5, 5.41) is 0.615. The van der Waals surface area contributed by atoms with E-state index in [1.807, 2.05) is 44.2 Å². The Labute approximate surface area is 194 Å². The molecule has 0 radical (unpaired) electrons. The van der Waals surface area contributed by atoms with E-state index in [2.05, 4.69) is 17.1 Å². The fraction of sp³-hybridized carbons (Fsp3) is 0.320. The average Bonchev–Trinajstić information content (AvgIpc) is 3.08. The number of halogens is 1. The van der Waals surface area contributed by atoms with Gasteiger partial charge in [0.15, 0.2) is 0 Å². The predicted octanol–water partition coefficient (Wildman–Crippen LogP) is 5.23. The highest BCUT2D eigenvalue weighted by molar-refractivity contribution is 7.89. The van der Waals surface area contributed by atoms with Gasteiger partial charge >= 0.3 is 0 Å². The van der Waals surface area contributed by atoms with Crippen molar-refractivity contribution in [3.05, 3.63) is 94.3 Å². The standard InChI is InChI=1S/C25H25ClN2O3S/c1-17-7-9-20(10-8-17)32(29,30)28-14-12-25(16-18(28)2)22-6-4-3-5-21(22)24(31-25)23-15-19(26)11-13-27-23/h3-11,13,15,18,24H,12,14,16H2,1-2H3. The Balaban J connectivity index is 1.47. The van der Waals surface area contributed by atoms with Crippen LogP contribution in [0, 0.1) is 6.92 Å². The van der Waals surface area contributed by atoms with Crippen molar-refractivity contribution in [2.45, 2.75) is 49.3 Å². The smallest absolute Gasteiger partial charge is 0.243 e. The Morgan fingerprint density at radius 2 is 1.88 bits per heavy atom. The van der Waals surface area contributed by atoms with Crippen LogP contribution in [0.3, 0.4) is 0 Å². The molecule has 3 aromatic rings. The summed E-state index contributed by atoms with van der Waals surface area (Å²) in [4.78, 5) is 4.84. The third-order valence-electron chi connectivity index (χ3n) is 6.57. The number of sulfonamides is 1. The van der Waals surface area contributed by atoms with E-state index in [-0.39, 0.29) is 12.1 Å². The molecule has 3 heterocycles. The van der Waals surface area contributed by atoms with Crippen molar-refractivity contribution in [3.63, 3.8) is 0 Å². The number of benzene rings is 2. The molecule has 1 saturated heterocycles. The van der Waals surface area contributed by atoms with Crippen LogP contribution in [-0.4, -0.2) is 30.3 Å². The molecule has 5 rings (SSSR count). The van der Waals surface area contributed by atoms with E-state index in [1.165, 1.54) is 0 Å². The van der Waals surface area contributed by atoms with E-state index in [9.17, 15) is 8.42 Å². The van der Waals surface area contributed by atoms with Crippen LogP contribution in [0.5, 0.6) is 0 Å². The lowest BCUT2D eigenvalue weighted by atomic mass is 9.81. The number of rotatable bonds is 3. The van der Waals surface area contributed by atoms with Crippen molar-refractivity contribution >= 4 is 21.6 Å². The summed E-state index contributed by atoms with van der Waals surface area (Å²) in [6, 6.07) is 18.6. The second-order valence-electron chi connectivity index (χ2n) is 8.71. The second-order valence-corrected chi connectivity index (χ2v) is 11.0. The van der Waals surface area contributed by atoms with E-state index in [0.29, 0.717) is 29.3 Å². The molecule has 1 aromatic heterocycles. The minimum atomic E-state index is -3.57. The predicted molar refractivity (Wildman–Crippen MR) is 124 cm³/mol. The summed E-state index contributed by atoms with van der Waals surface area (Å²) in [5.74, 6) is 0. The molecule has 0 aliphatic carbocycles. The number of pyridine rings is 1. The first-order valence-electron chi connectivity index (χ1n) is 10.8. The lowest BCUT2D eigenvalue weighted by Crippen LogP contribution is -2.50. The Kier molecular flexibility index (Phi) is 5.37. The molecule has 7 heteroatoms. The molecule has 2 aliphatic heterocycles. The molecule has 32 heavy (non-hydrogen) atoms. The molecule has 1 fully saturated rings. The zero-order valence-corrected chi connectivity index (χ0v) is 19.6. The van der Waals surface area contributed by atoms with Gasteiger partial charge in [-0.2, -0.15) is 4.31 Å². The summed E-state index contributed by atoms with van der Waals surface area (Å²) in [5.41, 5.74) is 3.44. The number of aromatic nitrogens is 1. The SMILES string of the molecule is Cc1ccc(S(=O)(=O)N2CCC3(CC2C)OC(c2cc(Cl)ccn2)c2ccccc23)cc1. The fourth-order valence-corrected chi connectivity index (χ4v) is 6.82. The van der Waals surface area contributed by atoms with Gasteiger partial charge in [-0.15, -0.1) is 0 Å². The van der Waals surface area contributed by atoms with Gasteiger partial charge in [0.25, 0.3) is 0 Å². The van der Waals surface area contributed by atoms with Gasteiger partial charge < -0.3 is 4.74 Å². The van der Waals surface area contributed by atoms with Crippen molar-refractivity contribution in [1.82, 2.24) is 9.29 Å². The van der Waals surface area contributed by atoms with Crippen LogP contribution in [0.1, 0.15) is 48.3 Å². The van der Waals surface area contributed by atoms with Crippen LogP contribution in [0.15, 0.2) is 71.8 Å². The topological polar surface area (TPSA) is 59.5 Å². The second kappa shape index (κ2) is 7.96. The number of ether oxygens (including phenoxy) is 1. The Hall–Kier alpha value is -2.25. The van der Waals surface area contributed by atoms with Crippen molar-refractivity contribution in [2.24, 2.45) is 0 Å². The zero-order chi connectivity index (χ0) is 22.5. The van der Waals surface area contributed by atoms with Crippen LogP contribution in [0.2, 0.25) is 5.02 Å². The summed E-state index contributed by atoms with van der Waals surface area (Å²) < 4.78 is 35.0. The van der Waals surface area contributed by atoms with Crippen LogP contribution in [-0.2, 0) is 20.4 Å². The van der Waals surface area contributed by atoms with Gasteiger partial charge in [-0.25, -0.2) is 8.42 Å². The fourth-order valence-electron chi connectivity index (χ4n) is 5.02. The Bertz CT molecular complexity index is 1260. The van der Waals surface area contributed by atoms with Gasteiger partial charge in [-0.05, 0) is 62.1 Å². The Morgan fingerprint density at radius 1 is 1.12 bits per heavy atom. The molecule has 0 amide bonds. The average molecular weight is 469 g/mol. The van der Waals surface area contributed by atoms with Gasteiger partial charge in [0.1, 0.15) is 6.10 Å². The number of fused-ring (bicyclic) bond motifs is 2. The minimum Gasteiger partial charge on any atom is -0.356 e. The highest BCUT2D eigenvalue weighted by Crippen LogP contribution is 2.52. The maximum atomic E-state index is 13.3. The van der Waals surface area contributed by atoms with Crippen LogP contribution >= 0.6 is 11.6 Å². The van der Waals surface area contributed by atoms with Gasteiger partial charge in [0.05, 0.1) is 16.2 Å². The molecule has 0 N–H and O–H groups in total. The third-order valence-corrected chi connectivity index (χ3v) is 8.83. The summed E-state index contributed by atoms with van der Waals surface area (Å²) >= 11 is 6.22. The monoisotopic (exact) mass is 468 g/mol. The third kappa shape index (κ3) is 3.55. The number of hydrogen-bond donors (Lipinski definition) is 0. The number of piperidine rings is 1. The molecule has 0 bridgehead atoms. The van der Waals surface area contributed by atoms with Crippen molar-refractivity contribution < 1.29 is 13.2 Å². The number of hydrogen-bond acceptors (Lipinski definition) is 4. The first kappa shape index (κ1) is 21.6. The van der Waals surface area contributed by atoms with E-state index < -0.39 is 15.6 Å². The summed E-state index contributed by atoms with van der Waals surface area (Å²) in [6.07, 6.45) is 2.52. The van der Waals surface area contributed by atoms with E-state index in [0.717, 1.165) is 22.4 Å². The molecule has 3 atom stereocenters. The van der Waals surface area contributed by atoms with Gasteiger partial charge in [-0.1, -0.05) is 53.6 Å². The molecule has 5 nitrogen and oxygen atoms in total. The lowest BCUT2D eigenvalue weighted by Gasteiger charge is -2.43. The zero-order valence-electron chi connectivity index (χ0n) is 18.0. The first-order valence-corrected chi connectivity index (χ1v) is 12.6. The molecule has 3 unspecified atom stereocenters. The highest BCUT2D eigenvalue weighted by atomic mass is 35.5. The summed E-state index contributed by atoms with van der Waals surface area (Å²) in [6.45, 7) is 4.30. The molecule has 2 aromatic carbocycles. The minimum absolute atomic E-state index is 0.214. The molecular weight excluding hydrogens is 444 g/mol. The van der Waals surface area contributed by atoms with E-state index in [1.54, 1.807) is 28.7 Å². The van der Waals surface area contributed by atoms with E-state index in [4.69, 9.17) is 16.3 Å². The van der Waals surface area contributed by atoms with Gasteiger partial charge in [0.2, 0.25) is 10.0 Å². The largest absolute Gasteiger partial charge is 0.356 e. The molecule has 2 aliphatic rings. The highest BCUT2D eigenvalue weighted by Gasteiger charge is 2.51. The number of nitrogens with zero attached hydrogens (tertiary/aromatic N) is 2.